The summed E-state index contributed by atoms with van der Waals surface area (Å²) >= 11 is 0. The maximum Gasteiger partial charge on any atom is 0.480 e. The van der Waals surface area contributed by atoms with Crippen LogP contribution in [0.1, 0.15) is 32.6 Å². The number of aliphatic hydroxyl groups is 1. The van der Waals surface area contributed by atoms with Gasteiger partial charge in [-0.2, -0.15) is 26.3 Å². The van der Waals surface area contributed by atoms with Gasteiger partial charge in [0, 0.05) is 13.0 Å². The molecule has 1 N–H and O–H groups in total. The van der Waals surface area contributed by atoms with Crippen LogP contribution in [0.5, 0.6) is 0 Å². The molecule has 0 spiro atoms. The molecule has 1 fully saturated rings. The van der Waals surface area contributed by atoms with Gasteiger partial charge in [0.25, 0.3) is 0 Å². The van der Waals surface area contributed by atoms with Gasteiger partial charge in [-0.25, -0.2) is 16.8 Å². The zero-order chi connectivity index (χ0) is 21.6. The monoisotopic (exact) mass is 452 g/mol. The number of hydrogen-bond acceptors (Lipinski definition) is 5. The van der Waals surface area contributed by atoms with E-state index in [1.165, 1.54) is 49.9 Å². The SMILES string of the molecule is CC[N+]1(CCCO)CCCCC1.O=S(=O)([N-]S(=O)(=O)C(F)(F)F)C(F)(F)F. The fourth-order valence-electron chi connectivity index (χ4n) is 2.50. The molecule has 0 aromatic rings. The summed E-state index contributed by atoms with van der Waals surface area (Å²) in [4.78, 5) is 0. The van der Waals surface area contributed by atoms with Crippen LogP contribution >= 0.6 is 0 Å². The molecule has 1 saturated heterocycles. The Balaban J connectivity index is 0.000000511. The second-order valence-corrected chi connectivity index (χ2v) is 9.31. The average Bonchev–Trinajstić information content (AvgIpc) is 2.51. The van der Waals surface area contributed by atoms with Gasteiger partial charge in [0.05, 0.1) is 26.2 Å². The highest BCUT2D eigenvalue weighted by Gasteiger charge is 2.46. The molecule has 1 rings (SSSR count). The first-order valence-corrected chi connectivity index (χ1v) is 10.7. The van der Waals surface area contributed by atoms with Gasteiger partial charge in [-0.1, -0.05) is 0 Å². The average molecular weight is 452 g/mol. The molecule has 1 aliphatic heterocycles. The predicted molar refractivity (Wildman–Crippen MR) is 84.3 cm³/mol. The lowest BCUT2D eigenvalue weighted by Crippen LogP contribution is -2.52. The van der Waals surface area contributed by atoms with E-state index in [-0.39, 0.29) is 0 Å². The van der Waals surface area contributed by atoms with Gasteiger partial charge in [-0.3, -0.25) is 0 Å². The Hall–Kier alpha value is -0.640. The smallest absolute Gasteiger partial charge is 0.421 e. The predicted octanol–water partition coefficient (Wildman–Crippen LogP) is 2.45. The number of sulfonamides is 2. The minimum Gasteiger partial charge on any atom is -0.421 e. The van der Waals surface area contributed by atoms with E-state index >= 15 is 0 Å². The van der Waals surface area contributed by atoms with E-state index in [0.717, 1.165) is 10.5 Å². The summed E-state index contributed by atoms with van der Waals surface area (Å²) in [5.41, 5.74) is -12.4. The summed E-state index contributed by atoms with van der Waals surface area (Å²) in [7, 11) is -13.4. The summed E-state index contributed by atoms with van der Waals surface area (Å²) in [6.45, 7) is 7.77. The van der Waals surface area contributed by atoms with Crippen molar-refractivity contribution in [2.75, 3.05) is 32.8 Å². The first kappa shape index (κ1) is 26.4. The zero-order valence-electron chi connectivity index (χ0n) is 14.4. The number of aliphatic hydroxyl groups excluding tert-OH is 1. The molecule has 0 atom stereocenters. The quantitative estimate of drug-likeness (QED) is 0.493. The molecule has 0 aromatic heterocycles. The van der Waals surface area contributed by atoms with Crippen LogP contribution in [0, 0.1) is 0 Å². The molecular formula is C12H22F6N2O5S2. The van der Waals surface area contributed by atoms with E-state index in [9.17, 15) is 43.2 Å². The summed E-state index contributed by atoms with van der Waals surface area (Å²) < 4.78 is 110. The van der Waals surface area contributed by atoms with Crippen molar-refractivity contribution in [1.82, 2.24) is 0 Å². The van der Waals surface area contributed by atoms with Gasteiger partial charge in [0.2, 0.25) is 0 Å². The van der Waals surface area contributed by atoms with E-state index in [2.05, 4.69) is 6.92 Å². The van der Waals surface area contributed by atoms with Crippen molar-refractivity contribution >= 4 is 20.0 Å². The maximum absolute atomic E-state index is 11.4. The number of halogens is 6. The minimum absolute atomic E-state index is 0.361. The molecule has 1 aliphatic rings. The van der Waals surface area contributed by atoms with Crippen molar-refractivity contribution in [3.63, 3.8) is 0 Å². The molecule has 7 nitrogen and oxygen atoms in total. The maximum atomic E-state index is 11.4. The lowest BCUT2D eigenvalue weighted by molar-refractivity contribution is -0.931. The second-order valence-electron chi connectivity index (χ2n) is 5.88. The van der Waals surface area contributed by atoms with E-state index < -0.39 is 31.1 Å². The highest BCUT2D eigenvalue weighted by atomic mass is 32.3. The normalized spacial score (nSPS) is 18.5. The van der Waals surface area contributed by atoms with Crippen LogP contribution in [0.3, 0.4) is 0 Å². The number of piperidine rings is 1. The van der Waals surface area contributed by atoms with Crippen LogP contribution in [0.15, 0.2) is 0 Å². The third kappa shape index (κ3) is 8.09. The van der Waals surface area contributed by atoms with Gasteiger partial charge >= 0.3 is 11.0 Å². The minimum atomic E-state index is -6.72. The zero-order valence-corrected chi connectivity index (χ0v) is 16.1. The molecule has 164 valence electrons. The summed E-state index contributed by atoms with van der Waals surface area (Å²) in [6.07, 6.45) is 5.17. The topological polar surface area (TPSA) is 103 Å². The van der Waals surface area contributed by atoms with E-state index in [1.807, 2.05) is 0 Å². The number of quaternary nitrogens is 1. The third-order valence-electron chi connectivity index (χ3n) is 4.01. The molecule has 0 radical (unpaired) electrons. The van der Waals surface area contributed by atoms with Crippen molar-refractivity contribution in [3.8, 4) is 0 Å². The number of rotatable bonds is 6. The summed E-state index contributed by atoms with van der Waals surface area (Å²) in [6, 6.07) is 0. The number of nitrogens with zero attached hydrogens (tertiary/aromatic N) is 2. The highest BCUT2D eigenvalue weighted by Crippen LogP contribution is 2.36. The van der Waals surface area contributed by atoms with Crippen molar-refractivity contribution in [1.29, 1.82) is 0 Å². The Kier molecular flexibility index (Phi) is 9.48. The molecule has 1 heterocycles. The molecule has 15 heteroatoms. The highest BCUT2D eigenvalue weighted by molar-refractivity contribution is 8.13. The molecular weight excluding hydrogens is 430 g/mol. The Morgan fingerprint density at radius 3 is 1.59 bits per heavy atom. The van der Waals surface area contributed by atoms with Crippen LogP contribution in [-0.2, 0) is 20.0 Å². The Morgan fingerprint density at radius 1 is 0.889 bits per heavy atom. The Morgan fingerprint density at radius 2 is 1.30 bits per heavy atom. The molecule has 0 amide bonds. The third-order valence-corrected chi connectivity index (χ3v) is 6.75. The van der Waals surface area contributed by atoms with Gasteiger partial charge in [0.15, 0.2) is 20.0 Å². The van der Waals surface area contributed by atoms with Crippen molar-refractivity contribution in [3.05, 3.63) is 4.13 Å². The van der Waals surface area contributed by atoms with Gasteiger partial charge in [0.1, 0.15) is 0 Å². The van der Waals surface area contributed by atoms with Crippen LogP contribution < -0.4 is 0 Å². The van der Waals surface area contributed by atoms with Crippen LogP contribution in [0.4, 0.5) is 26.3 Å². The summed E-state index contributed by atoms with van der Waals surface area (Å²) in [5, 5.41) is 8.80. The fourth-order valence-corrected chi connectivity index (χ4v) is 4.21. The second kappa shape index (κ2) is 9.71. The van der Waals surface area contributed by atoms with Crippen LogP contribution in [0.25, 0.3) is 4.13 Å². The molecule has 0 saturated carbocycles. The largest absolute Gasteiger partial charge is 0.480 e. The van der Waals surface area contributed by atoms with Crippen LogP contribution in [-0.4, -0.2) is 70.2 Å². The lowest BCUT2D eigenvalue weighted by atomic mass is 10.1. The number of likely N-dealkylation sites (tertiary alicyclic amines) is 1. The molecule has 0 aliphatic carbocycles. The first-order valence-electron chi connectivity index (χ1n) is 7.86. The van der Waals surface area contributed by atoms with Crippen molar-refractivity contribution in [2.45, 2.75) is 43.6 Å². The van der Waals surface area contributed by atoms with E-state index in [0.29, 0.717) is 6.61 Å². The molecule has 0 aromatic carbocycles. The van der Waals surface area contributed by atoms with Gasteiger partial charge in [-0.15, -0.1) is 0 Å². The van der Waals surface area contributed by atoms with Crippen LogP contribution in [0.2, 0.25) is 0 Å². The molecule has 27 heavy (non-hydrogen) atoms. The van der Waals surface area contributed by atoms with E-state index in [4.69, 9.17) is 5.11 Å². The van der Waals surface area contributed by atoms with Crippen molar-refractivity contribution in [2.24, 2.45) is 0 Å². The van der Waals surface area contributed by atoms with E-state index in [1.54, 1.807) is 0 Å². The van der Waals surface area contributed by atoms with Gasteiger partial charge in [-0.05, 0) is 26.2 Å². The lowest BCUT2D eigenvalue weighted by Gasteiger charge is -2.40. The molecule has 0 unspecified atom stereocenters. The first-order chi connectivity index (χ1) is 12.0. The number of alkyl halides is 6. The number of hydrogen-bond donors (Lipinski definition) is 1. The Labute approximate surface area is 154 Å². The van der Waals surface area contributed by atoms with Gasteiger partial charge < -0.3 is 13.7 Å². The molecule has 0 bridgehead atoms. The Bertz CT molecular complexity index is 613. The summed E-state index contributed by atoms with van der Waals surface area (Å²) in [5.74, 6) is 0. The standard InChI is InChI=1S/C10H22NO.C2F6NO4S2/c1-2-11(9-6-10-12)7-4-3-5-8-11;3-1(4,5)14(10,11)9-15(12,13)2(6,7)8/h12H,2-10H2,1H3;/q+1;-1. The fraction of sp³-hybridized carbons (Fsp3) is 1.00. The van der Waals surface area contributed by atoms with Crippen molar-refractivity contribution < 1.29 is 52.8 Å².